The number of hydrogen-bond donors (Lipinski definition) is 8. The maximum absolute atomic E-state index is 14.7. The fraction of sp³-hybridized carbons (Fsp3) is 0.705. The minimum Gasteiger partial charge on any atom is -0.481 e. The first-order chi connectivity index (χ1) is 33.5. The lowest BCUT2D eigenvalue weighted by Gasteiger charge is -2.38. The molecular weight excluding hydrogens is 967 g/mol. The highest BCUT2D eigenvalue weighted by Crippen LogP contribution is 2.37. The Labute approximate surface area is 409 Å². The predicted octanol–water partition coefficient (Wildman–Crippen LogP) is -1.03. The lowest BCUT2D eigenvalue weighted by molar-refractivity contribution is -0.230. The van der Waals surface area contributed by atoms with Crippen molar-refractivity contribution in [2.24, 2.45) is 11.7 Å². The molecule has 1 amide bonds. The molecule has 3 saturated heterocycles. The standard InChI is InChI=1S/C44H67N5O21S/c1-5-6-7-8-9-10-11-12-13-14-15-16-25(65-30(53)20-24(2)19-29(51)52)21-31(54)66-27-23-47(3)33(40(58)48(4)32(27)42(59)60)37(69-43-39(70-71(62,63)64)34(55)26(22-45)67-43)38-35(56)36(57)41(68-38)49-18-17-28(50)46-44(49)61/h9-10,12-13,17-18,24-27,32-39,41,43,55-57H,5-8,11,14-16,19-23,45H2,1-4H3,(H,51,52)(H,59,60)(H,46,50,61)(H,62,63,64)/t24?,25?,26-,27?,32?,33?,34-,35+,36-,37?,38+,39-,41-,43+/m1/s1. The van der Waals surface area contributed by atoms with Gasteiger partial charge in [-0.1, -0.05) is 51.0 Å². The SMILES string of the molecule is CCCCCC=CCC=CCCCC(CC(=O)OC1CN(C)C(C(O[C@@H]2O[C@H](CN)[C@@H](O)[C@H]2OS(=O)(=O)O)[C@H]2O[C@@H](n3ccc(=O)[nH]c3=O)[C@H](O)[C@@H]2O)C(=O)N(C)C1C(=O)O)OC(=O)CC(C)CC(=O)O. The molecule has 3 fully saturated rings. The predicted molar refractivity (Wildman–Crippen MR) is 244 cm³/mol. The van der Waals surface area contributed by atoms with Gasteiger partial charge < -0.3 is 59.9 Å². The number of nitrogens with zero attached hydrogens (tertiary/aromatic N) is 3. The van der Waals surface area contributed by atoms with E-state index in [9.17, 15) is 72.1 Å². The Hall–Kier alpha value is -4.94. The van der Waals surface area contributed by atoms with Crippen molar-refractivity contribution in [3.05, 3.63) is 57.4 Å². The number of nitrogens with two attached hydrogens (primary N) is 1. The summed E-state index contributed by atoms with van der Waals surface area (Å²) in [5, 5.41) is 53.4. The molecule has 4 heterocycles. The molecule has 0 aromatic carbocycles. The molecule has 3 aliphatic heterocycles. The normalized spacial score (nSPS) is 28.8. The van der Waals surface area contributed by atoms with Crippen LogP contribution in [0.3, 0.4) is 0 Å². The van der Waals surface area contributed by atoms with Crippen LogP contribution in [0.2, 0.25) is 0 Å². The van der Waals surface area contributed by atoms with Crippen LogP contribution in [0.25, 0.3) is 0 Å². The molecule has 1 aromatic rings. The Morgan fingerprint density at radius 1 is 0.930 bits per heavy atom. The van der Waals surface area contributed by atoms with E-state index in [-0.39, 0.29) is 19.3 Å². The van der Waals surface area contributed by atoms with E-state index in [0.717, 1.165) is 49.9 Å². The highest BCUT2D eigenvalue weighted by Gasteiger charge is 2.58. The third-order valence-corrected chi connectivity index (χ3v) is 12.6. The number of unbranched alkanes of at least 4 members (excludes halogenated alkanes) is 4. The van der Waals surface area contributed by atoms with E-state index >= 15 is 0 Å². The molecule has 4 rings (SSSR count). The molecule has 71 heavy (non-hydrogen) atoms. The minimum absolute atomic E-state index is 0.144. The van der Waals surface area contributed by atoms with Gasteiger partial charge in [0, 0.05) is 45.2 Å². The summed E-state index contributed by atoms with van der Waals surface area (Å²) < 4.78 is 67.9. The highest BCUT2D eigenvalue weighted by molar-refractivity contribution is 7.80. The van der Waals surface area contributed by atoms with E-state index in [1.54, 1.807) is 0 Å². The number of nitrogens with one attached hydrogen (secondary N) is 1. The molecule has 27 heteroatoms. The van der Waals surface area contributed by atoms with Crippen molar-refractivity contribution in [1.82, 2.24) is 19.4 Å². The first kappa shape index (κ1) is 58.6. The number of ether oxygens (including phenoxy) is 5. The smallest absolute Gasteiger partial charge is 0.397 e. The van der Waals surface area contributed by atoms with Crippen LogP contribution in [0.1, 0.15) is 90.7 Å². The van der Waals surface area contributed by atoms with E-state index < -0.39 is 156 Å². The number of carbonyl (C=O) groups is 5. The first-order valence-electron chi connectivity index (χ1n) is 23.3. The number of esters is 2. The van der Waals surface area contributed by atoms with Crippen molar-refractivity contribution in [1.29, 1.82) is 0 Å². The van der Waals surface area contributed by atoms with E-state index in [1.807, 2.05) is 17.1 Å². The molecule has 0 radical (unpaired) electrons. The summed E-state index contributed by atoms with van der Waals surface area (Å²) in [5.41, 5.74) is 3.78. The number of aromatic amines is 1. The molecule has 0 bridgehead atoms. The van der Waals surface area contributed by atoms with Crippen molar-refractivity contribution in [2.45, 2.75) is 164 Å². The Morgan fingerprint density at radius 3 is 2.21 bits per heavy atom. The van der Waals surface area contributed by atoms with Crippen molar-refractivity contribution >= 4 is 40.2 Å². The van der Waals surface area contributed by atoms with Crippen LogP contribution in [0.15, 0.2) is 46.2 Å². The number of aliphatic carboxylic acids is 2. The number of allylic oxidation sites excluding steroid dienone is 4. The summed E-state index contributed by atoms with van der Waals surface area (Å²) in [4.78, 5) is 94.2. The highest BCUT2D eigenvalue weighted by atomic mass is 32.3. The van der Waals surface area contributed by atoms with Crippen LogP contribution in [0.5, 0.6) is 0 Å². The van der Waals surface area contributed by atoms with E-state index in [2.05, 4.69) is 23.3 Å². The zero-order valence-corrected chi connectivity index (χ0v) is 40.7. The summed E-state index contributed by atoms with van der Waals surface area (Å²) in [6, 6.07) is -2.91. The van der Waals surface area contributed by atoms with Crippen LogP contribution < -0.4 is 17.0 Å². The molecular formula is C44H67N5O21S. The average Bonchev–Trinajstić information content (AvgIpc) is 3.69. The number of carboxylic acids is 2. The van der Waals surface area contributed by atoms with Gasteiger partial charge in [0.2, 0.25) is 5.91 Å². The second kappa shape index (κ2) is 27.2. The number of H-pyrrole nitrogens is 1. The van der Waals surface area contributed by atoms with Crippen LogP contribution in [0.4, 0.5) is 0 Å². The molecule has 0 saturated carbocycles. The Kier molecular flexibility index (Phi) is 22.5. The van der Waals surface area contributed by atoms with Gasteiger partial charge in [0.15, 0.2) is 24.7 Å². The Balaban J connectivity index is 1.64. The number of likely N-dealkylation sites (N-methyl/N-ethyl adjacent to an activating group) is 2. The molecule has 14 atom stereocenters. The van der Waals surface area contributed by atoms with Crippen LogP contribution >= 0.6 is 0 Å². The number of aliphatic hydroxyl groups is 3. The first-order valence-corrected chi connectivity index (χ1v) is 24.6. The molecule has 26 nitrogen and oxygen atoms in total. The summed E-state index contributed by atoms with van der Waals surface area (Å²) in [5.74, 6) is -6.37. The minimum atomic E-state index is -5.37. The van der Waals surface area contributed by atoms with Gasteiger partial charge in [-0.3, -0.25) is 43.0 Å². The fourth-order valence-electron chi connectivity index (χ4n) is 8.63. The average molecular weight is 1030 g/mol. The van der Waals surface area contributed by atoms with E-state index in [4.69, 9.17) is 29.4 Å². The molecule has 0 aliphatic carbocycles. The molecule has 9 N–H and O–H groups in total. The van der Waals surface area contributed by atoms with Crippen LogP contribution in [-0.2, 0) is 62.2 Å². The van der Waals surface area contributed by atoms with Gasteiger partial charge in [-0.25, -0.2) is 13.8 Å². The number of amides is 1. The number of carbonyl (C=O) groups excluding carboxylic acids is 3. The summed E-state index contributed by atoms with van der Waals surface area (Å²) in [7, 11) is -3.08. The summed E-state index contributed by atoms with van der Waals surface area (Å²) in [6.45, 7) is 2.57. The van der Waals surface area contributed by atoms with Gasteiger partial charge in [-0.2, -0.15) is 8.42 Å². The van der Waals surface area contributed by atoms with Gasteiger partial charge >= 0.3 is 40.0 Å². The van der Waals surface area contributed by atoms with Crippen molar-refractivity contribution in [3.8, 4) is 0 Å². The van der Waals surface area contributed by atoms with Gasteiger partial charge in [-0.15, -0.1) is 0 Å². The van der Waals surface area contributed by atoms with E-state index in [0.29, 0.717) is 28.7 Å². The maximum atomic E-state index is 14.7. The van der Waals surface area contributed by atoms with Gasteiger partial charge in [0.05, 0.1) is 6.42 Å². The van der Waals surface area contributed by atoms with Crippen molar-refractivity contribution < 1.29 is 90.3 Å². The number of aliphatic hydroxyl groups excluding tert-OH is 3. The number of hydrogen-bond acceptors (Lipinski definition) is 20. The van der Waals surface area contributed by atoms with E-state index in [1.165, 1.54) is 14.0 Å². The maximum Gasteiger partial charge on any atom is 0.397 e. The second-order valence-corrected chi connectivity index (χ2v) is 18.9. The fourth-order valence-corrected chi connectivity index (χ4v) is 9.11. The van der Waals surface area contributed by atoms with Gasteiger partial charge in [0.1, 0.15) is 54.9 Å². The number of carboxylic acid groups (broad SMARTS) is 2. The monoisotopic (exact) mass is 1030 g/mol. The third-order valence-electron chi connectivity index (χ3n) is 12.1. The zero-order chi connectivity index (χ0) is 52.7. The Morgan fingerprint density at radius 2 is 1.61 bits per heavy atom. The lowest BCUT2D eigenvalue weighted by Crippen LogP contribution is -2.60. The summed E-state index contributed by atoms with van der Waals surface area (Å²) in [6.07, 6.45) is -6.26. The molecule has 3 aliphatic rings. The van der Waals surface area contributed by atoms with Crippen LogP contribution in [0, 0.1) is 5.92 Å². The van der Waals surface area contributed by atoms with Crippen molar-refractivity contribution in [2.75, 3.05) is 27.2 Å². The Bertz CT molecular complexity index is 2260. The second-order valence-electron chi connectivity index (χ2n) is 17.8. The number of rotatable bonds is 27. The topological polar surface area (TPSA) is 384 Å². The molecule has 6 unspecified atom stereocenters. The summed E-state index contributed by atoms with van der Waals surface area (Å²) >= 11 is 0. The third kappa shape index (κ3) is 16.8. The van der Waals surface area contributed by atoms with Crippen LogP contribution in [-0.4, -0.2) is 188 Å². The van der Waals surface area contributed by atoms with Gasteiger partial charge in [0.25, 0.3) is 5.56 Å². The molecule has 400 valence electrons. The largest absolute Gasteiger partial charge is 0.481 e. The lowest BCUT2D eigenvalue weighted by atomic mass is 9.97. The van der Waals surface area contributed by atoms with Crippen molar-refractivity contribution in [3.63, 3.8) is 0 Å². The molecule has 1 aromatic heterocycles. The number of aromatic nitrogens is 2. The van der Waals surface area contributed by atoms with Gasteiger partial charge in [-0.05, 0) is 51.5 Å². The quantitative estimate of drug-likeness (QED) is 0.0226. The zero-order valence-electron chi connectivity index (χ0n) is 39.9. The molecule has 0 spiro atoms.